The van der Waals surface area contributed by atoms with Crippen molar-refractivity contribution in [2.24, 2.45) is 11.0 Å². The molecule has 1 N–H and O–H groups in total. The van der Waals surface area contributed by atoms with Crippen molar-refractivity contribution in [2.75, 3.05) is 5.43 Å². The standard InChI is InChI=1S/C13H15ClN2/c14-12-7-4-8-13(9-12)16-15-10-11-5-2-1-3-6-11/h1-2,4,7-11,16H,3,5-6H2/b15-10-/t11-/m1/s1. The molecule has 0 aromatic heterocycles. The van der Waals surface area contributed by atoms with Gasteiger partial charge in [0.15, 0.2) is 0 Å². The average Bonchev–Trinajstić information content (AvgIpc) is 2.30. The van der Waals surface area contributed by atoms with Crippen LogP contribution in [0.4, 0.5) is 5.69 Å². The van der Waals surface area contributed by atoms with E-state index in [0.29, 0.717) is 5.92 Å². The van der Waals surface area contributed by atoms with Gasteiger partial charge in [0.05, 0.1) is 5.69 Å². The highest BCUT2D eigenvalue weighted by Gasteiger charge is 2.05. The van der Waals surface area contributed by atoms with Gasteiger partial charge in [0.2, 0.25) is 0 Å². The summed E-state index contributed by atoms with van der Waals surface area (Å²) in [6.45, 7) is 0. The van der Waals surface area contributed by atoms with Gasteiger partial charge in [-0.15, -0.1) is 0 Å². The summed E-state index contributed by atoms with van der Waals surface area (Å²) in [4.78, 5) is 0. The number of allylic oxidation sites excluding steroid dienone is 2. The minimum atomic E-state index is 0.566. The third-order valence-corrected chi connectivity index (χ3v) is 2.85. The number of hydrogen-bond donors (Lipinski definition) is 1. The Bertz CT molecular complexity index is 399. The molecule has 1 aliphatic rings. The first-order valence-electron chi connectivity index (χ1n) is 5.54. The zero-order chi connectivity index (χ0) is 11.2. The Morgan fingerprint density at radius 2 is 2.31 bits per heavy atom. The summed E-state index contributed by atoms with van der Waals surface area (Å²) in [7, 11) is 0. The molecule has 1 atom stereocenters. The van der Waals surface area contributed by atoms with Crippen LogP contribution in [0.2, 0.25) is 5.02 Å². The van der Waals surface area contributed by atoms with Gasteiger partial charge in [-0.2, -0.15) is 5.10 Å². The molecular weight excluding hydrogens is 220 g/mol. The molecule has 3 heteroatoms. The lowest BCUT2D eigenvalue weighted by Crippen LogP contribution is -2.05. The highest BCUT2D eigenvalue weighted by atomic mass is 35.5. The van der Waals surface area contributed by atoms with Crippen molar-refractivity contribution in [3.05, 3.63) is 41.4 Å². The summed E-state index contributed by atoms with van der Waals surface area (Å²) in [5.74, 6) is 0.566. The molecule has 0 spiro atoms. The van der Waals surface area contributed by atoms with Crippen molar-refractivity contribution in [2.45, 2.75) is 19.3 Å². The van der Waals surface area contributed by atoms with Gasteiger partial charge in [-0.3, -0.25) is 5.43 Å². The summed E-state index contributed by atoms with van der Waals surface area (Å²) in [5.41, 5.74) is 3.92. The van der Waals surface area contributed by atoms with Gasteiger partial charge in [-0.25, -0.2) is 0 Å². The lowest BCUT2D eigenvalue weighted by molar-refractivity contribution is 0.627. The van der Waals surface area contributed by atoms with Crippen LogP contribution in [0.15, 0.2) is 41.5 Å². The van der Waals surface area contributed by atoms with Crippen LogP contribution < -0.4 is 5.43 Å². The monoisotopic (exact) mass is 234 g/mol. The van der Waals surface area contributed by atoms with Gasteiger partial charge in [-0.05, 0) is 43.4 Å². The van der Waals surface area contributed by atoms with E-state index in [-0.39, 0.29) is 0 Å². The molecule has 0 unspecified atom stereocenters. The van der Waals surface area contributed by atoms with Crippen molar-refractivity contribution in [3.8, 4) is 0 Å². The predicted molar refractivity (Wildman–Crippen MR) is 70.0 cm³/mol. The highest BCUT2D eigenvalue weighted by molar-refractivity contribution is 6.30. The Kier molecular flexibility index (Phi) is 4.00. The lowest BCUT2D eigenvalue weighted by atomic mass is 9.96. The topological polar surface area (TPSA) is 24.4 Å². The van der Waals surface area contributed by atoms with E-state index in [1.54, 1.807) is 0 Å². The molecule has 0 heterocycles. The van der Waals surface area contributed by atoms with Crippen LogP contribution in [0.1, 0.15) is 19.3 Å². The van der Waals surface area contributed by atoms with Gasteiger partial charge in [0.1, 0.15) is 0 Å². The lowest BCUT2D eigenvalue weighted by Gasteiger charge is -2.11. The number of nitrogens with one attached hydrogen (secondary N) is 1. The Morgan fingerprint density at radius 3 is 3.06 bits per heavy atom. The van der Waals surface area contributed by atoms with E-state index in [0.717, 1.165) is 23.6 Å². The van der Waals surface area contributed by atoms with E-state index in [9.17, 15) is 0 Å². The Balaban J connectivity index is 1.86. The second-order valence-corrected chi connectivity index (χ2v) is 4.38. The molecule has 16 heavy (non-hydrogen) atoms. The third-order valence-electron chi connectivity index (χ3n) is 2.61. The molecule has 0 bridgehead atoms. The molecule has 1 aromatic carbocycles. The van der Waals surface area contributed by atoms with Gasteiger partial charge in [-0.1, -0.05) is 29.8 Å². The summed E-state index contributed by atoms with van der Waals surface area (Å²) >= 11 is 5.87. The number of benzene rings is 1. The van der Waals surface area contributed by atoms with Crippen LogP contribution in [-0.2, 0) is 0 Å². The molecule has 0 saturated heterocycles. The molecule has 2 nitrogen and oxygen atoms in total. The molecular formula is C13H15ClN2. The summed E-state index contributed by atoms with van der Waals surface area (Å²) in [6, 6.07) is 7.57. The fourth-order valence-electron chi connectivity index (χ4n) is 1.73. The second kappa shape index (κ2) is 5.71. The zero-order valence-corrected chi connectivity index (χ0v) is 9.82. The number of nitrogens with zero attached hydrogens (tertiary/aromatic N) is 1. The first-order valence-corrected chi connectivity index (χ1v) is 5.92. The van der Waals surface area contributed by atoms with Gasteiger partial charge in [0, 0.05) is 11.2 Å². The Morgan fingerprint density at radius 1 is 1.38 bits per heavy atom. The van der Waals surface area contributed by atoms with E-state index in [4.69, 9.17) is 11.6 Å². The SMILES string of the molecule is Clc1cccc(N/N=C\[C@@H]2CC=CCC2)c1. The van der Waals surface area contributed by atoms with E-state index in [2.05, 4.69) is 22.7 Å². The second-order valence-electron chi connectivity index (χ2n) is 3.94. The number of rotatable bonds is 3. The van der Waals surface area contributed by atoms with Gasteiger partial charge >= 0.3 is 0 Å². The number of anilines is 1. The molecule has 0 fully saturated rings. The average molecular weight is 235 g/mol. The fraction of sp³-hybridized carbons (Fsp3) is 0.308. The molecule has 1 aromatic rings. The summed E-state index contributed by atoms with van der Waals surface area (Å²) in [5, 5.41) is 4.96. The van der Waals surface area contributed by atoms with Crippen molar-refractivity contribution < 1.29 is 0 Å². The molecule has 0 saturated carbocycles. The maximum absolute atomic E-state index is 5.87. The first kappa shape index (κ1) is 11.2. The molecule has 1 aliphatic carbocycles. The molecule has 2 rings (SSSR count). The quantitative estimate of drug-likeness (QED) is 0.475. The van der Waals surface area contributed by atoms with E-state index in [1.807, 2.05) is 30.5 Å². The maximum Gasteiger partial charge on any atom is 0.0576 e. The fourth-order valence-corrected chi connectivity index (χ4v) is 1.92. The van der Waals surface area contributed by atoms with Crippen molar-refractivity contribution in [1.82, 2.24) is 0 Å². The van der Waals surface area contributed by atoms with Crippen LogP contribution in [0, 0.1) is 5.92 Å². The number of hydrazone groups is 1. The highest BCUT2D eigenvalue weighted by Crippen LogP contribution is 2.17. The molecule has 0 aliphatic heterocycles. The molecule has 0 radical (unpaired) electrons. The van der Waals surface area contributed by atoms with Crippen molar-refractivity contribution in [1.29, 1.82) is 0 Å². The smallest absolute Gasteiger partial charge is 0.0576 e. The number of hydrogen-bond acceptors (Lipinski definition) is 2. The minimum Gasteiger partial charge on any atom is -0.279 e. The van der Waals surface area contributed by atoms with E-state index in [1.165, 1.54) is 6.42 Å². The van der Waals surface area contributed by atoms with Gasteiger partial charge in [0.25, 0.3) is 0 Å². The van der Waals surface area contributed by atoms with E-state index >= 15 is 0 Å². The minimum absolute atomic E-state index is 0.566. The van der Waals surface area contributed by atoms with Crippen LogP contribution in [0.5, 0.6) is 0 Å². The largest absolute Gasteiger partial charge is 0.279 e. The van der Waals surface area contributed by atoms with Crippen LogP contribution in [-0.4, -0.2) is 6.21 Å². The zero-order valence-electron chi connectivity index (χ0n) is 9.07. The maximum atomic E-state index is 5.87. The number of halogens is 1. The van der Waals surface area contributed by atoms with E-state index < -0.39 is 0 Å². The van der Waals surface area contributed by atoms with Crippen LogP contribution in [0.3, 0.4) is 0 Å². The Hall–Kier alpha value is -1.28. The van der Waals surface area contributed by atoms with Crippen LogP contribution in [0.25, 0.3) is 0 Å². The Labute approximate surface area is 101 Å². The summed E-state index contributed by atoms with van der Waals surface area (Å²) in [6.07, 6.45) is 9.89. The first-order chi connectivity index (χ1) is 7.84. The van der Waals surface area contributed by atoms with Gasteiger partial charge < -0.3 is 0 Å². The summed E-state index contributed by atoms with van der Waals surface area (Å²) < 4.78 is 0. The predicted octanol–water partition coefficient (Wildman–Crippen LogP) is 4.09. The van der Waals surface area contributed by atoms with Crippen LogP contribution >= 0.6 is 11.6 Å². The van der Waals surface area contributed by atoms with Crippen molar-refractivity contribution in [3.63, 3.8) is 0 Å². The molecule has 0 amide bonds. The molecule has 84 valence electrons. The normalized spacial score (nSPS) is 20.2. The third kappa shape index (κ3) is 3.38. The van der Waals surface area contributed by atoms with Crippen molar-refractivity contribution >= 4 is 23.5 Å².